The molecule has 0 aliphatic rings. The average molecular weight is 493 g/mol. The van der Waals surface area contributed by atoms with E-state index in [1.807, 2.05) is 13.2 Å². The third kappa shape index (κ3) is 7.96. The second kappa shape index (κ2) is 13.5. The van der Waals surface area contributed by atoms with Crippen molar-refractivity contribution in [2.75, 3.05) is 30.3 Å². The van der Waals surface area contributed by atoms with E-state index in [1.165, 1.54) is 4.31 Å². The van der Waals surface area contributed by atoms with Crippen LogP contribution in [0.4, 0.5) is 5.69 Å². The van der Waals surface area contributed by atoms with Crippen LogP contribution in [0, 0.1) is 5.92 Å². The molecule has 2 aromatic rings. The van der Waals surface area contributed by atoms with Gasteiger partial charge in [0.15, 0.2) is 0 Å². The molecule has 2 aromatic carbocycles. The number of carbonyl (C=O) groups is 1. The lowest BCUT2D eigenvalue weighted by atomic mass is 9.99. The average Bonchev–Trinajstić information content (AvgIpc) is 2.83. The van der Waals surface area contributed by atoms with Gasteiger partial charge in [-0.2, -0.15) is 0 Å². The highest BCUT2D eigenvalue weighted by atomic mass is 32.2. The van der Waals surface area contributed by atoms with Crippen LogP contribution in [0.15, 0.2) is 58.3 Å². The van der Waals surface area contributed by atoms with Crippen LogP contribution < -0.4 is 14.4 Å². The number of carbonyl (C=O) groups excluding carboxylic acids is 1. The fourth-order valence-corrected chi connectivity index (χ4v) is 5.28. The fourth-order valence-electron chi connectivity index (χ4n) is 3.45. The molecule has 33 heavy (non-hydrogen) atoms. The number of thioether (sulfide) groups is 1. The first-order valence-electron chi connectivity index (χ1n) is 11.5. The summed E-state index contributed by atoms with van der Waals surface area (Å²) in [4.78, 5) is 13.9. The van der Waals surface area contributed by atoms with Crippen molar-refractivity contribution in [1.82, 2.24) is 5.32 Å². The summed E-state index contributed by atoms with van der Waals surface area (Å²) in [5.74, 6) is 0.723. The van der Waals surface area contributed by atoms with Crippen LogP contribution in [0.25, 0.3) is 0 Å². The topological polar surface area (TPSA) is 75.7 Å². The van der Waals surface area contributed by atoms with Gasteiger partial charge in [0.05, 0.1) is 17.2 Å². The number of anilines is 1. The zero-order valence-electron chi connectivity index (χ0n) is 20.0. The van der Waals surface area contributed by atoms with E-state index in [1.54, 1.807) is 60.3 Å². The predicted octanol–water partition coefficient (Wildman–Crippen LogP) is 5.34. The Bertz CT molecular complexity index is 961. The molecule has 0 fully saturated rings. The molecular formula is C25H36N2O4S2. The number of sulfonamides is 1. The summed E-state index contributed by atoms with van der Waals surface area (Å²) in [5.41, 5.74) is 0.417. The second-order valence-corrected chi connectivity index (χ2v) is 10.6. The highest BCUT2D eigenvalue weighted by molar-refractivity contribution is 7.98. The van der Waals surface area contributed by atoms with Crippen molar-refractivity contribution in [3.05, 3.63) is 48.5 Å². The molecule has 1 atom stereocenters. The Morgan fingerprint density at radius 3 is 2.27 bits per heavy atom. The van der Waals surface area contributed by atoms with Gasteiger partial charge in [0, 0.05) is 11.4 Å². The van der Waals surface area contributed by atoms with Gasteiger partial charge in [0.25, 0.3) is 10.0 Å². The zero-order valence-corrected chi connectivity index (χ0v) is 21.7. The smallest absolute Gasteiger partial charge is 0.264 e. The maximum absolute atomic E-state index is 13.5. The van der Waals surface area contributed by atoms with Crippen molar-refractivity contribution < 1.29 is 17.9 Å². The van der Waals surface area contributed by atoms with E-state index in [0.29, 0.717) is 30.5 Å². The summed E-state index contributed by atoms with van der Waals surface area (Å²) in [6.07, 6.45) is 6.19. The first-order valence-corrected chi connectivity index (χ1v) is 14.2. The Balaban J connectivity index is 2.27. The molecule has 0 saturated carbocycles. The van der Waals surface area contributed by atoms with Gasteiger partial charge in [-0.25, -0.2) is 8.42 Å². The lowest BCUT2D eigenvalue weighted by Gasteiger charge is -2.25. The molecule has 0 aliphatic carbocycles. The van der Waals surface area contributed by atoms with E-state index in [0.717, 1.165) is 30.6 Å². The second-order valence-electron chi connectivity index (χ2n) is 7.83. The number of nitrogens with zero attached hydrogens (tertiary/aromatic N) is 1. The summed E-state index contributed by atoms with van der Waals surface area (Å²) < 4.78 is 33.7. The molecule has 2 rings (SSSR count). The summed E-state index contributed by atoms with van der Waals surface area (Å²) in [7, 11) is -3.94. The van der Waals surface area contributed by atoms with Gasteiger partial charge in [-0.3, -0.25) is 9.10 Å². The highest BCUT2D eigenvalue weighted by Gasteiger charge is 2.27. The normalized spacial score (nSPS) is 12.2. The number of amides is 1. The van der Waals surface area contributed by atoms with Crippen LogP contribution in [0.5, 0.6) is 5.75 Å². The minimum Gasteiger partial charge on any atom is -0.494 e. The minimum absolute atomic E-state index is 0.149. The van der Waals surface area contributed by atoms with Crippen molar-refractivity contribution >= 4 is 33.4 Å². The Morgan fingerprint density at radius 2 is 1.73 bits per heavy atom. The predicted molar refractivity (Wildman–Crippen MR) is 137 cm³/mol. The summed E-state index contributed by atoms with van der Waals surface area (Å²) in [5, 5.41) is 2.94. The standard InChI is InChI=1S/C25H36N2O4S2/c1-5-8-9-20(6-2)18-26-25(28)19-27(21-10-12-22(13-11-21)31-7-3)33(29,30)24-16-14-23(32-4)15-17-24/h10-17,20H,5-9,18-19H2,1-4H3,(H,26,28)/t20-/m1/s1. The number of nitrogens with one attached hydrogen (secondary N) is 1. The van der Waals surface area contributed by atoms with Gasteiger partial charge < -0.3 is 10.1 Å². The highest BCUT2D eigenvalue weighted by Crippen LogP contribution is 2.27. The minimum atomic E-state index is -3.94. The molecule has 0 saturated heterocycles. The molecule has 8 heteroatoms. The summed E-state index contributed by atoms with van der Waals surface area (Å²) in [6, 6.07) is 13.5. The molecule has 0 aromatic heterocycles. The van der Waals surface area contributed by atoms with Gasteiger partial charge in [0.1, 0.15) is 12.3 Å². The Kier molecular flexibility index (Phi) is 11.1. The molecule has 0 bridgehead atoms. The molecule has 6 nitrogen and oxygen atoms in total. The number of hydrogen-bond donors (Lipinski definition) is 1. The number of ether oxygens (including phenoxy) is 1. The fraction of sp³-hybridized carbons (Fsp3) is 0.480. The lowest BCUT2D eigenvalue weighted by Crippen LogP contribution is -2.42. The maximum atomic E-state index is 13.5. The van der Waals surface area contributed by atoms with Gasteiger partial charge in [-0.15, -0.1) is 11.8 Å². The first-order chi connectivity index (χ1) is 15.8. The van der Waals surface area contributed by atoms with Gasteiger partial charge >= 0.3 is 0 Å². The van der Waals surface area contributed by atoms with E-state index in [9.17, 15) is 13.2 Å². The largest absolute Gasteiger partial charge is 0.494 e. The third-order valence-electron chi connectivity index (χ3n) is 5.50. The van der Waals surface area contributed by atoms with Crippen molar-refractivity contribution in [2.24, 2.45) is 5.92 Å². The molecule has 0 radical (unpaired) electrons. The van der Waals surface area contributed by atoms with Gasteiger partial charge in [0.2, 0.25) is 5.91 Å². The van der Waals surface area contributed by atoms with E-state index >= 15 is 0 Å². The SMILES string of the molecule is CCCC[C@@H](CC)CNC(=O)CN(c1ccc(OCC)cc1)S(=O)(=O)c1ccc(SC)cc1. The van der Waals surface area contributed by atoms with Crippen LogP contribution in [-0.4, -0.2) is 40.3 Å². The number of unbranched alkanes of at least 4 members (excludes halogenated alkanes) is 1. The van der Waals surface area contributed by atoms with Crippen molar-refractivity contribution in [3.8, 4) is 5.75 Å². The molecule has 0 aliphatic heterocycles. The van der Waals surface area contributed by atoms with Crippen LogP contribution in [0.1, 0.15) is 46.5 Å². The zero-order chi connectivity index (χ0) is 24.3. The molecule has 1 N–H and O–H groups in total. The van der Waals surface area contributed by atoms with Crippen LogP contribution in [-0.2, 0) is 14.8 Å². The molecule has 0 spiro atoms. The Hall–Kier alpha value is -2.19. The van der Waals surface area contributed by atoms with E-state index < -0.39 is 10.0 Å². The first kappa shape index (κ1) is 27.1. The summed E-state index contributed by atoms with van der Waals surface area (Å²) >= 11 is 1.54. The quantitative estimate of drug-likeness (QED) is 0.361. The molecule has 0 heterocycles. The Morgan fingerprint density at radius 1 is 1.06 bits per heavy atom. The van der Waals surface area contributed by atoms with E-state index in [4.69, 9.17) is 4.74 Å². The van der Waals surface area contributed by atoms with Crippen LogP contribution in [0.2, 0.25) is 0 Å². The molecule has 0 unspecified atom stereocenters. The van der Waals surface area contributed by atoms with E-state index in [2.05, 4.69) is 19.2 Å². The van der Waals surface area contributed by atoms with Gasteiger partial charge in [-0.1, -0.05) is 33.1 Å². The summed E-state index contributed by atoms with van der Waals surface area (Å²) in [6.45, 7) is 6.93. The third-order valence-corrected chi connectivity index (χ3v) is 8.03. The maximum Gasteiger partial charge on any atom is 0.264 e. The molecular weight excluding hydrogens is 456 g/mol. The molecule has 182 valence electrons. The van der Waals surface area contributed by atoms with Crippen molar-refractivity contribution in [2.45, 2.75) is 56.2 Å². The number of rotatable bonds is 14. The van der Waals surface area contributed by atoms with Crippen LogP contribution >= 0.6 is 11.8 Å². The van der Waals surface area contributed by atoms with E-state index in [-0.39, 0.29) is 17.3 Å². The monoisotopic (exact) mass is 492 g/mol. The van der Waals surface area contributed by atoms with Crippen LogP contribution in [0.3, 0.4) is 0 Å². The number of hydrogen-bond acceptors (Lipinski definition) is 5. The van der Waals surface area contributed by atoms with Crippen molar-refractivity contribution in [1.29, 1.82) is 0 Å². The van der Waals surface area contributed by atoms with Gasteiger partial charge in [-0.05, 0) is 74.0 Å². The number of benzene rings is 2. The van der Waals surface area contributed by atoms with Crippen molar-refractivity contribution in [3.63, 3.8) is 0 Å². The Labute approximate surface area is 203 Å². The molecule has 1 amide bonds. The lowest BCUT2D eigenvalue weighted by molar-refractivity contribution is -0.119.